The number of nitrogens with one attached hydrogen (secondary N) is 3. The lowest BCUT2D eigenvalue weighted by Gasteiger charge is -2.32. The molecule has 10 heteroatoms. The van der Waals surface area contributed by atoms with Gasteiger partial charge in [0.15, 0.2) is 0 Å². The number of anilines is 1. The molecule has 0 radical (unpaired) electrons. The highest BCUT2D eigenvalue weighted by molar-refractivity contribution is 9.10. The average molecular weight is 556 g/mol. The molecule has 0 amide bonds. The molecule has 4 heterocycles. The summed E-state index contributed by atoms with van der Waals surface area (Å²) >= 11 is 3.41. The topological polar surface area (TPSA) is 94.6 Å². The Morgan fingerprint density at radius 2 is 2.08 bits per heavy atom. The number of pyridine rings is 1. The van der Waals surface area contributed by atoms with Gasteiger partial charge in [-0.15, -0.1) is 0 Å². The number of H-pyrrole nitrogens is 2. The van der Waals surface area contributed by atoms with Crippen molar-refractivity contribution in [3.63, 3.8) is 0 Å². The minimum atomic E-state index is -0.248. The normalized spacial score (nSPS) is 15.1. The van der Waals surface area contributed by atoms with Crippen LogP contribution in [0.2, 0.25) is 0 Å². The van der Waals surface area contributed by atoms with Crippen molar-refractivity contribution in [2.24, 2.45) is 0 Å². The molecule has 0 saturated carbocycles. The van der Waals surface area contributed by atoms with Crippen LogP contribution in [0, 0.1) is 6.92 Å². The SMILES string of the molecule is Cc1cc(C2CCN(CCCF)CC2)cc2[nH]c(-c3c(NCCn4cc(Br)cn4)cc[nH]c3=O)nc12. The van der Waals surface area contributed by atoms with Gasteiger partial charge in [-0.05, 0) is 84.4 Å². The van der Waals surface area contributed by atoms with Gasteiger partial charge in [0, 0.05) is 25.5 Å². The third-order valence-electron chi connectivity index (χ3n) is 6.92. The summed E-state index contributed by atoms with van der Waals surface area (Å²) in [6, 6.07) is 6.27. The molecule has 5 rings (SSSR count). The van der Waals surface area contributed by atoms with Gasteiger partial charge in [-0.2, -0.15) is 5.10 Å². The molecule has 1 saturated heterocycles. The van der Waals surface area contributed by atoms with Crippen LogP contribution in [-0.2, 0) is 6.54 Å². The Hall–Kier alpha value is -2.98. The van der Waals surface area contributed by atoms with E-state index in [2.05, 4.69) is 60.3 Å². The predicted molar refractivity (Wildman–Crippen MR) is 144 cm³/mol. The van der Waals surface area contributed by atoms with E-state index in [0.717, 1.165) is 59.2 Å². The smallest absolute Gasteiger partial charge is 0.261 e. The van der Waals surface area contributed by atoms with Crippen LogP contribution in [0.3, 0.4) is 0 Å². The fourth-order valence-electron chi connectivity index (χ4n) is 5.07. The average Bonchev–Trinajstić information content (AvgIpc) is 3.49. The first-order valence-corrected chi connectivity index (χ1v) is 13.2. The van der Waals surface area contributed by atoms with Crippen LogP contribution in [0.25, 0.3) is 22.4 Å². The molecule has 0 bridgehead atoms. The third-order valence-corrected chi connectivity index (χ3v) is 7.33. The number of likely N-dealkylation sites (tertiary alicyclic amines) is 1. The van der Waals surface area contributed by atoms with Gasteiger partial charge < -0.3 is 20.2 Å². The second-order valence-corrected chi connectivity index (χ2v) is 10.3. The van der Waals surface area contributed by atoms with Gasteiger partial charge in [-0.25, -0.2) is 4.98 Å². The number of alkyl halides is 1. The summed E-state index contributed by atoms with van der Waals surface area (Å²) in [6.07, 6.45) is 8.05. The van der Waals surface area contributed by atoms with Crippen LogP contribution < -0.4 is 10.9 Å². The monoisotopic (exact) mass is 555 g/mol. The maximum Gasteiger partial charge on any atom is 0.261 e. The lowest BCUT2D eigenvalue weighted by molar-refractivity contribution is 0.204. The second kappa shape index (κ2) is 11.0. The standard InChI is InChI=1S/C26H31BrFN7O/c1-17-13-19(18-4-10-34(11-5-18)9-2-6-28)14-22-24(17)33-25(32-22)23-21(3-7-30-26(23)36)29-8-12-35-16-20(27)15-31-35/h3,7,13-16,18H,2,4-6,8-12H2,1H3,(H,32,33)(H2,29,30,36). The van der Waals surface area contributed by atoms with E-state index in [-0.39, 0.29) is 12.2 Å². The van der Waals surface area contributed by atoms with Gasteiger partial charge in [-0.3, -0.25) is 13.9 Å². The molecule has 4 aromatic rings. The molecule has 1 aromatic carbocycles. The molecule has 1 aliphatic rings. The molecule has 1 fully saturated rings. The van der Waals surface area contributed by atoms with E-state index in [1.54, 1.807) is 12.4 Å². The number of halogens is 2. The van der Waals surface area contributed by atoms with Crippen molar-refractivity contribution in [3.05, 3.63) is 62.7 Å². The van der Waals surface area contributed by atoms with Crippen LogP contribution in [0.4, 0.5) is 10.1 Å². The number of aryl methyl sites for hydroxylation is 1. The van der Waals surface area contributed by atoms with E-state index in [1.807, 2.05) is 16.9 Å². The number of imidazole rings is 1. The van der Waals surface area contributed by atoms with Crippen LogP contribution in [0.15, 0.2) is 46.1 Å². The molecule has 1 aliphatic heterocycles. The largest absolute Gasteiger partial charge is 0.382 e. The predicted octanol–water partition coefficient (Wildman–Crippen LogP) is 4.84. The van der Waals surface area contributed by atoms with Crippen molar-refractivity contribution in [2.75, 3.05) is 38.2 Å². The van der Waals surface area contributed by atoms with Crippen molar-refractivity contribution < 1.29 is 4.39 Å². The van der Waals surface area contributed by atoms with E-state index < -0.39 is 0 Å². The molecule has 0 atom stereocenters. The Kier molecular flexibility index (Phi) is 7.52. The number of aromatic amines is 2. The number of aromatic nitrogens is 5. The summed E-state index contributed by atoms with van der Waals surface area (Å²) < 4.78 is 15.3. The van der Waals surface area contributed by atoms with E-state index in [1.165, 1.54) is 5.56 Å². The zero-order valence-corrected chi connectivity index (χ0v) is 21.9. The van der Waals surface area contributed by atoms with Crippen LogP contribution in [-0.4, -0.2) is 62.5 Å². The first kappa shape index (κ1) is 24.7. The molecule has 0 spiro atoms. The number of fused-ring (bicyclic) bond motifs is 1. The Bertz CT molecular complexity index is 1390. The molecule has 190 valence electrons. The van der Waals surface area contributed by atoms with Gasteiger partial charge in [0.2, 0.25) is 0 Å². The van der Waals surface area contributed by atoms with Crippen molar-refractivity contribution in [2.45, 2.75) is 38.6 Å². The summed E-state index contributed by atoms with van der Waals surface area (Å²) in [5, 5.41) is 7.64. The summed E-state index contributed by atoms with van der Waals surface area (Å²) in [4.78, 5) is 26.2. The Balaban J connectivity index is 1.36. The number of nitrogens with zero attached hydrogens (tertiary/aromatic N) is 4. The minimum Gasteiger partial charge on any atom is -0.382 e. The van der Waals surface area contributed by atoms with Crippen molar-refractivity contribution in [3.8, 4) is 11.4 Å². The van der Waals surface area contributed by atoms with E-state index in [9.17, 15) is 9.18 Å². The Labute approximate surface area is 217 Å². The van der Waals surface area contributed by atoms with E-state index >= 15 is 0 Å². The van der Waals surface area contributed by atoms with Crippen molar-refractivity contribution in [1.29, 1.82) is 0 Å². The van der Waals surface area contributed by atoms with Crippen LogP contribution >= 0.6 is 15.9 Å². The third kappa shape index (κ3) is 5.39. The highest BCUT2D eigenvalue weighted by Gasteiger charge is 2.22. The quantitative estimate of drug-likeness (QED) is 0.275. The zero-order chi connectivity index (χ0) is 25.1. The molecule has 0 unspecified atom stereocenters. The summed E-state index contributed by atoms with van der Waals surface area (Å²) in [5.74, 6) is 1.03. The fourth-order valence-corrected chi connectivity index (χ4v) is 5.40. The van der Waals surface area contributed by atoms with Gasteiger partial charge in [-0.1, -0.05) is 6.07 Å². The number of benzene rings is 1. The maximum absolute atomic E-state index is 12.9. The highest BCUT2D eigenvalue weighted by Crippen LogP contribution is 2.33. The fraction of sp³-hybridized carbons (Fsp3) is 0.423. The van der Waals surface area contributed by atoms with Crippen molar-refractivity contribution >= 4 is 32.7 Å². The van der Waals surface area contributed by atoms with Gasteiger partial charge in [0.1, 0.15) is 11.4 Å². The summed E-state index contributed by atoms with van der Waals surface area (Å²) in [6.45, 7) is 5.93. The number of hydrogen-bond donors (Lipinski definition) is 3. The second-order valence-electron chi connectivity index (χ2n) is 9.42. The van der Waals surface area contributed by atoms with Crippen LogP contribution in [0.1, 0.15) is 36.3 Å². The first-order valence-electron chi connectivity index (χ1n) is 12.4. The van der Waals surface area contributed by atoms with Gasteiger partial charge >= 0.3 is 0 Å². The van der Waals surface area contributed by atoms with E-state index in [0.29, 0.717) is 36.8 Å². The van der Waals surface area contributed by atoms with Crippen LogP contribution in [0.5, 0.6) is 0 Å². The summed E-state index contributed by atoms with van der Waals surface area (Å²) in [5.41, 5.74) is 5.24. The van der Waals surface area contributed by atoms with E-state index in [4.69, 9.17) is 4.98 Å². The number of piperidine rings is 1. The number of hydrogen-bond acceptors (Lipinski definition) is 5. The van der Waals surface area contributed by atoms with Gasteiger partial charge in [0.25, 0.3) is 5.56 Å². The lowest BCUT2D eigenvalue weighted by atomic mass is 9.88. The Morgan fingerprint density at radius 3 is 2.83 bits per heavy atom. The Morgan fingerprint density at radius 1 is 1.25 bits per heavy atom. The minimum absolute atomic E-state index is 0.195. The number of rotatable bonds is 9. The van der Waals surface area contributed by atoms with Gasteiger partial charge in [0.05, 0.1) is 40.6 Å². The maximum atomic E-state index is 12.9. The highest BCUT2D eigenvalue weighted by atomic mass is 79.9. The molecule has 3 N–H and O–H groups in total. The van der Waals surface area contributed by atoms with Crippen molar-refractivity contribution in [1.82, 2.24) is 29.6 Å². The molecule has 3 aromatic heterocycles. The first-order chi connectivity index (χ1) is 17.5. The zero-order valence-electron chi connectivity index (χ0n) is 20.4. The molecule has 36 heavy (non-hydrogen) atoms. The molecular formula is C26H31BrFN7O. The summed E-state index contributed by atoms with van der Waals surface area (Å²) in [7, 11) is 0. The molecular weight excluding hydrogens is 525 g/mol. The lowest BCUT2D eigenvalue weighted by Crippen LogP contribution is -2.33. The molecule has 0 aliphatic carbocycles. The molecule has 8 nitrogen and oxygen atoms in total.